The van der Waals surface area contributed by atoms with Crippen molar-refractivity contribution in [3.8, 4) is 11.5 Å². The van der Waals surface area contributed by atoms with Crippen molar-refractivity contribution in [2.24, 2.45) is 0 Å². The molecule has 174 valence electrons. The van der Waals surface area contributed by atoms with Gasteiger partial charge < -0.3 is 24.2 Å². The van der Waals surface area contributed by atoms with Crippen LogP contribution in [0.4, 0.5) is 0 Å². The molecule has 1 aliphatic heterocycles. The average molecular weight is 453 g/mol. The van der Waals surface area contributed by atoms with Crippen LogP contribution in [0, 0.1) is 0 Å². The zero-order valence-electron chi connectivity index (χ0n) is 18.8. The van der Waals surface area contributed by atoms with Gasteiger partial charge in [-0.05, 0) is 43.2 Å². The van der Waals surface area contributed by atoms with Crippen LogP contribution in [-0.4, -0.2) is 60.2 Å². The number of likely N-dealkylation sites (tertiary alicyclic amines) is 1. The lowest BCUT2D eigenvalue weighted by atomic mass is 9.95. The van der Waals surface area contributed by atoms with Gasteiger partial charge in [-0.2, -0.15) is 0 Å². The number of hydrogen-bond acceptors (Lipinski definition) is 7. The number of Topliss-reactive ketones (excluding diaryl/α,β-unsaturated/α-hetero) is 1. The number of carbonyl (C=O) groups excluding carboxylic acids is 2. The van der Waals surface area contributed by atoms with Crippen LogP contribution in [0.15, 0.2) is 61.0 Å². The van der Waals surface area contributed by atoms with E-state index in [1.807, 2.05) is 6.92 Å². The quantitative estimate of drug-likeness (QED) is 0.183. The third kappa shape index (κ3) is 5.23. The minimum absolute atomic E-state index is 0.0193. The number of benzene rings is 1. The van der Waals surface area contributed by atoms with Crippen LogP contribution in [0.1, 0.15) is 30.5 Å². The van der Waals surface area contributed by atoms with E-state index in [2.05, 4.69) is 11.6 Å². The molecule has 0 saturated carbocycles. The first-order valence-corrected chi connectivity index (χ1v) is 10.7. The van der Waals surface area contributed by atoms with Gasteiger partial charge in [0.1, 0.15) is 12.4 Å². The second kappa shape index (κ2) is 11.3. The van der Waals surface area contributed by atoms with Crippen molar-refractivity contribution >= 4 is 17.4 Å². The normalized spacial score (nSPS) is 17.3. The summed E-state index contributed by atoms with van der Waals surface area (Å²) in [7, 11) is 1.57. The van der Waals surface area contributed by atoms with E-state index in [0.29, 0.717) is 48.9 Å². The van der Waals surface area contributed by atoms with Gasteiger partial charge in [-0.15, -0.1) is 0 Å². The molecule has 8 heteroatoms. The zero-order valence-corrected chi connectivity index (χ0v) is 18.8. The summed E-state index contributed by atoms with van der Waals surface area (Å²) >= 11 is 0. The lowest BCUT2D eigenvalue weighted by Crippen LogP contribution is -2.31. The van der Waals surface area contributed by atoms with Gasteiger partial charge in [0.05, 0.1) is 18.2 Å². The van der Waals surface area contributed by atoms with Gasteiger partial charge in [-0.1, -0.05) is 18.7 Å². The molecular formula is C25H28N2O6. The first kappa shape index (κ1) is 24.0. The van der Waals surface area contributed by atoms with Crippen LogP contribution in [0.2, 0.25) is 0 Å². The highest BCUT2D eigenvalue weighted by atomic mass is 16.5. The summed E-state index contributed by atoms with van der Waals surface area (Å²) in [6, 6.07) is 7.61. The molecule has 1 amide bonds. The third-order valence-corrected chi connectivity index (χ3v) is 5.18. The predicted octanol–water partition coefficient (Wildman–Crippen LogP) is 3.50. The second-order valence-corrected chi connectivity index (χ2v) is 7.31. The molecule has 2 heterocycles. The number of nitrogens with zero attached hydrogens (tertiary/aromatic N) is 2. The molecule has 8 nitrogen and oxygen atoms in total. The zero-order chi connectivity index (χ0) is 23.8. The Morgan fingerprint density at radius 1 is 1.18 bits per heavy atom. The summed E-state index contributed by atoms with van der Waals surface area (Å²) in [5.41, 5.74) is 1.04. The van der Waals surface area contributed by atoms with E-state index >= 15 is 0 Å². The van der Waals surface area contributed by atoms with Crippen LogP contribution in [0.3, 0.4) is 0 Å². The molecule has 1 N–H and O–H groups in total. The number of ketones is 1. The summed E-state index contributed by atoms with van der Waals surface area (Å²) in [6.07, 6.45) is 5.19. The fraction of sp³-hybridized carbons (Fsp3) is 0.320. The number of aromatic nitrogens is 1. The molecule has 1 unspecified atom stereocenters. The number of pyridine rings is 1. The first-order chi connectivity index (χ1) is 16.0. The Balaban J connectivity index is 2.13. The maximum absolute atomic E-state index is 13.0. The van der Waals surface area contributed by atoms with Crippen molar-refractivity contribution in [1.29, 1.82) is 0 Å². The first-order valence-electron chi connectivity index (χ1n) is 10.7. The average Bonchev–Trinajstić information content (AvgIpc) is 3.08. The molecule has 1 aromatic carbocycles. The molecule has 0 bridgehead atoms. The minimum atomic E-state index is -0.789. The van der Waals surface area contributed by atoms with Gasteiger partial charge in [-0.25, -0.2) is 0 Å². The maximum atomic E-state index is 13.0. The van der Waals surface area contributed by atoms with Crippen molar-refractivity contribution in [2.45, 2.75) is 19.4 Å². The highest BCUT2D eigenvalue weighted by molar-refractivity contribution is 6.46. The fourth-order valence-corrected chi connectivity index (χ4v) is 3.73. The molecule has 1 saturated heterocycles. The Kier molecular flexibility index (Phi) is 8.21. The van der Waals surface area contributed by atoms with E-state index < -0.39 is 17.7 Å². The van der Waals surface area contributed by atoms with Crippen molar-refractivity contribution in [3.63, 3.8) is 0 Å². The number of aliphatic hydroxyl groups excluding tert-OH is 1. The molecular weight excluding hydrogens is 424 g/mol. The lowest BCUT2D eigenvalue weighted by molar-refractivity contribution is -0.140. The van der Waals surface area contributed by atoms with Gasteiger partial charge in [-0.3, -0.25) is 14.6 Å². The number of aliphatic hydroxyl groups is 1. The Morgan fingerprint density at radius 2 is 1.94 bits per heavy atom. The molecule has 1 fully saturated rings. The van der Waals surface area contributed by atoms with E-state index in [-0.39, 0.29) is 17.9 Å². The highest BCUT2D eigenvalue weighted by Crippen LogP contribution is 2.42. The summed E-state index contributed by atoms with van der Waals surface area (Å²) in [5, 5.41) is 11.0. The largest absolute Gasteiger partial charge is 0.507 e. The predicted molar refractivity (Wildman–Crippen MR) is 123 cm³/mol. The second-order valence-electron chi connectivity index (χ2n) is 7.31. The van der Waals surface area contributed by atoms with Crippen LogP contribution >= 0.6 is 0 Å². The highest BCUT2D eigenvalue weighted by Gasteiger charge is 2.46. The molecule has 0 spiro atoms. The summed E-state index contributed by atoms with van der Waals surface area (Å²) in [5.74, 6) is -0.664. The molecule has 1 atom stereocenters. The van der Waals surface area contributed by atoms with Gasteiger partial charge in [0.15, 0.2) is 11.5 Å². The third-order valence-electron chi connectivity index (χ3n) is 5.18. The summed E-state index contributed by atoms with van der Waals surface area (Å²) in [6.45, 7) is 6.93. The monoisotopic (exact) mass is 452 g/mol. The molecule has 33 heavy (non-hydrogen) atoms. The molecule has 2 aromatic rings. The van der Waals surface area contributed by atoms with Crippen LogP contribution in [0.25, 0.3) is 5.76 Å². The van der Waals surface area contributed by atoms with Crippen LogP contribution < -0.4 is 9.47 Å². The maximum Gasteiger partial charge on any atom is 0.295 e. The van der Waals surface area contributed by atoms with E-state index in [1.54, 1.807) is 43.5 Å². The number of hydrogen-bond donors (Lipinski definition) is 1. The number of rotatable bonds is 11. The summed E-state index contributed by atoms with van der Waals surface area (Å²) < 4.78 is 16.5. The molecule has 1 aromatic heterocycles. The minimum Gasteiger partial charge on any atom is -0.507 e. The lowest BCUT2D eigenvalue weighted by Gasteiger charge is -2.26. The van der Waals surface area contributed by atoms with Gasteiger partial charge in [0, 0.05) is 38.2 Å². The fourth-order valence-electron chi connectivity index (χ4n) is 3.73. The van der Waals surface area contributed by atoms with Gasteiger partial charge >= 0.3 is 0 Å². The number of carbonyl (C=O) groups is 2. The molecule has 0 aliphatic carbocycles. The van der Waals surface area contributed by atoms with Crippen molar-refractivity contribution in [1.82, 2.24) is 9.88 Å². The topological polar surface area (TPSA) is 98.2 Å². The number of methoxy groups -OCH3 is 1. The Labute approximate surface area is 193 Å². The van der Waals surface area contributed by atoms with Crippen molar-refractivity contribution in [3.05, 3.63) is 72.1 Å². The number of ether oxygens (including phenoxy) is 3. The van der Waals surface area contributed by atoms with Crippen LogP contribution in [-0.2, 0) is 14.3 Å². The van der Waals surface area contributed by atoms with E-state index in [4.69, 9.17) is 14.2 Å². The molecule has 0 radical (unpaired) electrons. The standard InChI is InChI=1S/C25H28N2O6/c1-4-14-33-19-8-7-18(16-20(19)32-5-2)22-21(23(28)17-9-11-26-12-10-17)24(29)25(30)27(22)13-6-15-31-3/h4,7-12,16,22,28H,1,5-6,13-15H2,2-3H3/b23-21+. The van der Waals surface area contributed by atoms with Crippen molar-refractivity contribution in [2.75, 3.05) is 33.5 Å². The summed E-state index contributed by atoms with van der Waals surface area (Å²) in [4.78, 5) is 31.4. The van der Waals surface area contributed by atoms with E-state index in [0.717, 1.165) is 0 Å². The Hall–Kier alpha value is -3.65. The van der Waals surface area contributed by atoms with Crippen LogP contribution in [0.5, 0.6) is 11.5 Å². The van der Waals surface area contributed by atoms with Gasteiger partial charge in [0.25, 0.3) is 11.7 Å². The smallest absolute Gasteiger partial charge is 0.295 e. The van der Waals surface area contributed by atoms with E-state index in [1.165, 1.54) is 17.3 Å². The Morgan fingerprint density at radius 3 is 2.61 bits per heavy atom. The van der Waals surface area contributed by atoms with Crippen molar-refractivity contribution < 1.29 is 28.9 Å². The SMILES string of the molecule is C=CCOc1ccc(C2/C(=C(\O)c3ccncc3)C(=O)C(=O)N2CCCOC)cc1OCC. The van der Waals surface area contributed by atoms with E-state index in [9.17, 15) is 14.7 Å². The molecule has 3 rings (SSSR count). The number of amides is 1. The van der Waals surface area contributed by atoms with Gasteiger partial charge in [0.2, 0.25) is 0 Å². The Bertz CT molecular complexity index is 1030. The molecule has 1 aliphatic rings.